The molecule has 0 aliphatic carbocycles. The Bertz CT molecular complexity index is 651. The number of carbonyl (C=O) groups is 1. The molecular weight excluding hydrogens is 290 g/mol. The zero-order valence-electron chi connectivity index (χ0n) is 14.0. The van der Waals surface area contributed by atoms with Crippen molar-refractivity contribution in [2.75, 3.05) is 10.6 Å². The van der Waals surface area contributed by atoms with Crippen LogP contribution in [0, 0.1) is 0 Å². The molecule has 0 aliphatic rings. The molecule has 23 heavy (non-hydrogen) atoms. The highest BCUT2D eigenvalue weighted by atomic mass is 16.6. The zero-order valence-corrected chi connectivity index (χ0v) is 14.0. The van der Waals surface area contributed by atoms with Gasteiger partial charge >= 0.3 is 6.09 Å². The first-order valence-corrected chi connectivity index (χ1v) is 7.60. The molecule has 122 valence electrons. The van der Waals surface area contributed by atoms with Crippen LogP contribution in [0.2, 0.25) is 0 Å². The third kappa shape index (κ3) is 5.62. The highest BCUT2D eigenvalue weighted by Crippen LogP contribution is 2.21. The lowest BCUT2D eigenvalue weighted by atomic mass is 10.1. The number of carbonyl (C=O) groups excluding carboxylic acids is 1. The molecule has 1 heterocycles. The first-order chi connectivity index (χ1) is 10.8. The van der Waals surface area contributed by atoms with Gasteiger partial charge in [-0.1, -0.05) is 12.1 Å². The summed E-state index contributed by atoms with van der Waals surface area (Å²) in [6, 6.07) is 11.6. The summed E-state index contributed by atoms with van der Waals surface area (Å²) in [7, 11) is 0. The summed E-state index contributed by atoms with van der Waals surface area (Å²) in [6.45, 7) is 7.56. The molecule has 1 aromatic heterocycles. The number of pyridine rings is 1. The Morgan fingerprint density at radius 2 is 1.91 bits per heavy atom. The van der Waals surface area contributed by atoms with Gasteiger partial charge in [-0.15, -0.1) is 0 Å². The molecular formula is C18H23N3O2. The van der Waals surface area contributed by atoms with Crippen LogP contribution in [0.4, 0.5) is 16.2 Å². The van der Waals surface area contributed by atoms with Crippen LogP contribution in [0.15, 0.2) is 48.8 Å². The van der Waals surface area contributed by atoms with E-state index in [1.165, 1.54) is 0 Å². The smallest absolute Gasteiger partial charge is 0.412 e. The SMILES string of the molecule is CC(Nc1cccc(NC(=O)OC(C)(C)C)c1)c1cccnc1. The van der Waals surface area contributed by atoms with Crippen molar-refractivity contribution < 1.29 is 9.53 Å². The Kier molecular flexibility index (Phi) is 5.21. The molecule has 1 amide bonds. The van der Waals surface area contributed by atoms with Gasteiger partial charge in [0.15, 0.2) is 0 Å². The van der Waals surface area contributed by atoms with Crippen LogP contribution in [0.25, 0.3) is 0 Å². The standard InChI is InChI=1S/C18H23N3O2/c1-13(14-7-6-10-19-12-14)20-15-8-5-9-16(11-15)21-17(22)23-18(2,3)4/h5-13,20H,1-4H3,(H,21,22). The van der Waals surface area contributed by atoms with Gasteiger partial charge in [-0.05, 0) is 57.5 Å². The van der Waals surface area contributed by atoms with Gasteiger partial charge in [-0.3, -0.25) is 10.3 Å². The average Bonchev–Trinajstić information content (AvgIpc) is 2.46. The minimum absolute atomic E-state index is 0.112. The largest absolute Gasteiger partial charge is 0.444 e. The first-order valence-electron chi connectivity index (χ1n) is 7.60. The van der Waals surface area contributed by atoms with Crippen molar-refractivity contribution in [3.63, 3.8) is 0 Å². The summed E-state index contributed by atoms with van der Waals surface area (Å²) in [5.74, 6) is 0. The van der Waals surface area contributed by atoms with Crippen LogP contribution >= 0.6 is 0 Å². The van der Waals surface area contributed by atoms with E-state index in [0.29, 0.717) is 5.69 Å². The Morgan fingerprint density at radius 3 is 2.57 bits per heavy atom. The summed E-state index contributed by atoms with van der Waals surface area (Å²) < 4.78 is 5.25. The molecule has 1 unspecified atom stereocenters. The molecule has 2 rings (SSSR count). The van der Waals surface area contributed by atoms with Crippen LogP contribution in [0.1, 0.15) is 39.3 Å². The molecule has 0 saturated carbocycles. The van der Waals surface area contributed by atoms with Crippen molar-refractivity contribution in [2.24, 2.45) is 0 Å². The summed E-state index contributed by atoms with van der Waals surface area (Å²) >= 11 is 0. The van der Waals surface area contributed by atoms with Gasteiger partial charge in [0.25, 0.3) is 0 Å². The number of ether oxygens (including phenoxy) is 1. The highest BCUT2D eigenvalue weighted by Gasteiger charge is 2.16. The Morgan fingerprint density at radius 1 is 1.17 bits per heavy atom. The fraction of sp³-hybridized carbons (Fsp3) is 0.333. The maximum Gasteiger partial charge on any atom is 0.412 e. The first kappa shape index (κ1) is 16.8. The van der Waals surface area contributed by atoms with E-state index in [2.05, 4.69) is 22.5 Å². The second kappa shape index (κ2) is 7.13. The molecule has 1 atom stereocenters. The zero-order chi connectivity index (χ0) is 16.9. The van der Waals surface area contributed by atoms with E-state index < -0.39 is 11.7 Å². The third-order valence-corrected chi connectivity index (χ3v) is 3.08. The minimum Gasteiger partial charge on any atom is -0.444 e. The number of rotatable bonds is 4. The Balaban J connectivity index is 2.01. The van der Waals surface area contributed by atoms with Crippen LogP contribution < -0.4 is 10.6 Å². The molecule has 0 saturated heterocycles. The van der Waals surface area contributed by atoms with Gasteiger partial charge in [0.05, 0.1) is 6.04 Å². The number of amides is 1. The molecule has 5 nitrogen and oxygen atoms in total. The second-order valence-corrected chi connectivity index (χ2v) is 6.36. The fourth-order valence-electron chi connectivity index (χ4n) is 2.07. The molecule has 0 radical (unpaired) electrons. The van der Waals surface area contributed by atoms with Crippen molar-refractivity contribution in [3.8, 4) is 0 Å². The van der Waals surface area contributed by atoms with Gasteiger partial charge in [0, 0.05) is 23.8 Å². The molecule has 2 aromatic rings. The van der Waals surface area contributed by atoms with E-state index in [1.807, 2.05) is 63.4 Å². The number of benzene rings is 1. The van der Waals surface area contributed by atoms with Crippen molar-refractivity contribution in [1.29, 1.82) is 0 Å². The van der Waals surface area contributed by atoms with Gasteiger partial charge in [0.1, 0.15) is 5.60 Å². The third-order valence-electron chi connectivity index (χ3n) is 3.08. The number of aromatic nitrogens is 1. The van der Waals surface area contributed by atoms with Crippen molar-refractivity contribution in [2.45, 2.75) is 39.3 Å². The lowest BCUT2D eigenvalue weighted by Gasteiger charge is -2.20. The molecule has 0 bridgehead atoms. The summed E-state index contributed by atoms with van der Waals surface area (Å²) in [6.07, 6.45) is 3.12. The number of anilines is 2. The lowest BCUT2D eigenvalue weighted by molar-refractivity contribution is 0.0636. The van der Waals surface area contributed by atoms with Crippen LogP contribution in [-0.2, 0) is 4.74 Å². The molecule has 1 aromatic carbocycles. The van der Waals surface area contributed by atoms with Crippen molar-refractivity contribution in [3.05, 3.63) is 54.4 Å². The van der Waals surface area contributed by atoms with E-state index >= 15 is 0 Å². The van der Waals surface area contributed by atoms with Gasteiger partial charge in [-0.2, -0.15) is 0 Å². The van der Waals surface area contributed by atoms with E-state index in [0.717, 1.165) is 11.3 Å². The van der Waals surface area contributed by atoms with Gasteiger partial charge in [0.2, 0.25) is 0 Å². The quantitative estimate of drug-likeness (QED) is 0.865. The number of nitrogens with one attached hydrogen (secondary N) is 2. The normalized spacial score (nSPS) is 12.3. The number of hydrogen-bond donors (Lipinski definition) is 2. The van der Waals surface area contributed by atoms with Gasteiger partial charge < -0.3 is 10.1 Å². The molecule has 0 spiro atoms. The van der Waals surface area contributed by atoms with Crippen LogP contribution in [-0.4, -0.2) is 16.7 Å². The average molecular weight is 313 g/mol. The summed E-state index contributed by atoms with van der Waals surface area (Å²) in [4.78, 5) is 15.9. The maximum atomic E-state index is 11.8. The van der Waals surface area contributed by atoms with Crippen molar-refractivity contribution in [1.82, 2.24) is 4.98 Å². The molecule has 0 fully saturated rings. The van der Waals surface area contributed by atoms with E-state index in [1.54, 1.807) is 6.20 Å². The molecule has 0 aliphatic heterocycles. The molecule has 5 heteroatoms. The Hall–Kier alpha value is -2.56. The Labute approximate surface area is 137 Å². The number of hydrogen-bond acceptors (Lipinski definition) is 4. The summed E-state index contributed by atoms with van der Waals surface area (Å²) in [5.41, 5.74) is 2.17. The second-order valence-electron chi connectivity index (χ2n) is 6.36. The maximum absolute atomic E-state index is 11.8. The monoisotopic (exact) mass is 313 g/mol. The van der Waals surface area contributed by atoms with Crippen LogP contribution in [0.5, 0.6) is 0 Å². The van der Waals surface area contributed by atoms with Crippen molar-refractivity contribution >= 4 is 17.5 Å². The van der Waals surface area contributed by atoms with Crippen LogP contribution in [0.3, 0.4) is 0 Å². The van der Waals surface area contributed by atoms with E-state index in [9.17, 15) is 4.79 Å². The fourth-order valence-corrected chi connectivity index (χ4v) is 2.07. The van der Waals surface area contributed by atoms with E-state index in [-0.39, 0.29) is 6.04 Å². The predicted octanol–water partition coefficient (Wildman–Crippen LogP) is 4.60. The predicted molar refractivity (Wildman–Crippen MR) is 92.6 cm³/mol. The number of nitrogens with zero attached hydrogens (tertiary/aromatic N) is 1. The van der Waals surface area contributed by atoms with Gasteiger partial charge in [-0.25, -0.2) is 4.79 Å². The highest BCUT2D eigenvalue weighted by molar-refractivity contribution is 5.85. The lowest BCUT2D eigenvalue weighted by Crippen LogP contribution is -2.27. The topological polar surface area (TPSA) is 63.2 Å². The summed E-state index contributed by atoms with van der Waals surface area (Å²) in [5, 5.41) is 6.13. The molecule has 2 N–H and O–H groups in total. The van der Waals surface area contributed by atoms with E-state index in [4.69, 9.17) is 4.74 Å². The minimum atomic E-state index is -0.519.